The highest BCUT2D eigenvalue weighted by Crippen LogP contribution is 2.28. The number of aromatic nitrogens is 1. The van der Waals surface area contributed by atoms with Gasteiger partial charge in [-0.15, -0.1) is 11.6 Å². The van der Waals surface area contributed by atoms with Crippen molar-refractivity contribution in [3.05, 3.63) is 22.6 Å². The van der Waals surface area contributed by atoms with E-state index in [0.29, 0.717) is 23.6 Å². The summed E-state index contributed by atoms with van der Waals surface area (Å²) in [6.45, 7) is 1.27. The largest absolute Gasteiger partial charge is 0.381 e. The average Bonchev–Trinajstić information content (AvgIpc) is 2.34. The fourth-order valence-corrected chi connectivity index (χ4v) is 2.45. The van der Waals surface area contributed by atoms with Gasteiger partial charge in [-0.2, -0.15) is 0 Å². The molecular formula is C11H13BrClFN2O. The zero-order chi connectivity index (χ0) is 12.3. The SMILES string of the molecule is Fc1cc(Br)cnc1NC1(CCl)CCOCC1. The molecule has 2 rings (SSSR count). The number of nitrogens with one attached hydrogen (secondary N) is 1. The summed E-state index contributed by atoms with van der Waals surface area (Å²) in [7, 11) is 0. The molecule has 0 atom stereocenters. The minimum absolute atomic E-state index is 0.246. The van der Waals surface area contributed by atoms with Gasteiger partial charge in [-0.1, -0.05) is 0 Å². The van der Waals surface area contributed by atoms with E-state index in [1.165, 1.54) is 6.07 Å². The van der Waals surface area contributed by atoms with Crippen LogP contribution in [-0.4, -0.2) is 29.6 Å². The molecule has 0 radical (unpaired) electrons. The van der Waals surface area contributed by atoms with E-state index in [9.17, 15) is 4.39 Å². The maximum Gasteiger partial charge on any atom is 0.166 e. The van der Waals surface area contributed by atoms with Gasteiger partial charge in [0.1, 0.15) is 0 Å². The molecule has 2 heterocycles. The first kappa shape index (κ1) is 13.1. The third-order valence-electron chi connectivity index (χ3n) is 2.90. The first-order valence-corrected chi connectivity index (χ1v) is 6.71. The molecule has 0 unspecified atom stereocenters. The van der Waals surface area contributed by atoms with Crippen molar-refractivity contribution >= 4 is 33.3 Å². The fourth-order valence-electron chi connectivity index (χ4n) is 1.81. The normalized spacial score (nSPS) is 19.0. The molecule has 17 heavy (non-hydrogen) atoms. The molecule has 0 amide bonds. The Morgan fingerprint density at radius 2 is 2.24 bits per heavy atom. The zero-order valence-electron chi connectivity index (χ0n) is 9.18. The van der Waals surface area contributed by atoms with Crippen molar-refractivity contribution < 1.29 is 9.13 Å². The van der Waals surface area contributed by atoms with Crippen molar-refractivity contribution in [1.29, 1.82) is 0 Å². The molecule has 0 spiro atoms. The molecule has 0 aliphatic carbocycles. The van der Waals surface area contributed by atoms with Gasteiger partial charge in [0.25, 0.3) is 0 Å². The van der Waals surface area contributed by atoms with Crippen molar-refractivity contribution in [1.82, 2.24) is 4.98 Å². The van der Waals surface area contributed by atoms with Crippen LogP contribution in [0, 0.1) is 5.82 Å². The van der Waals surface area contributed by atoms with Gasteiger partial charge in [-0.05, 0) is 34.8 Å². The van der Waals surface area contributed by atoms with Crippen molar-refractivity contribution in [3.63, 3.8) is 0 Å². The van der Waals surface area contributed by atoms with E-state index >= 15 is 0 Å². The van der Waals surface area contributed by atoms with Gasteiger partial charge in [-0.25, -0.2) is 9.37 Å². The molecule has 1 aromatic rings. The minimum Gasteiger partial charge on any atom is -0.381 e. The van der Waals surface area contributed by atoms with E-state index in [1.807, 2.05) is 0 Å². The van der Waals surface area contributed by atoms with Crippen molar-refractivity contribution in [2.24, 2.45) is 0 Å². The van der Waals surface area contributed by atoms with Crippen LogP contribution < -0.4 is 5.32 Å². The molecule has 1 aliphatic rings. The quantitative estimate of drug-likeness (QED) is 0.868. The third-order valence-corrected chi connectivity index (χ3v) is 3.84. The lowest BCUT2D eigenvalue weighted by atomic mass is 9.92. The molecule has 0 aromatic carbocycles. The summed E-state index contributed by atoms with van der Waals surface area (Å²) in [4.78, 5) is 4.03. The number of pyridine rings is 1. The molecule has 0 bridgehead atoms. The van der Waals surface area contributed by atoms with Gasteiger partial charge in [0.2, 0.25) is 0 Å². The topological polar surface area (TPSA) is 34.2 Å². The summed E-state index contributed by atoms with van der Waals surface area (Å²) in [6.07, 6.45) is 3.08. The standard InChI is InChI=1S/C11H13BrClFN2O/c12-8-5-9(14)10(15-6-8)16-11(7-13)1-3-17-4-2-11/h5-6H,1-4,7H2,(H,15,16). The van der Waals surface area contributed by atoms with Gasteiger partial charge in [0.15, 0.2) is 11.6 Å². The van der Waals surface area contributed by atoms with Gasteiger partial charge in [0.05, 0.1) is 5.54 Å². The number of halogens is 3. The lowest BCUT2D eigenvalue weighted by Crippen LogP contribution is -2.45. The van der Waals surface area contributed by atoms with Crippen LogP contribution in [-0.2, 0) is 4.74 Å². The van der Waals surface area contributed by atoms with E-state index < -0.39 is 0 Å². The van der Waals surface area contributed by atoms with E-state index in [1.54, 1.807) is 6.20 Å². The average molecular weight is 324 g/mol. The summed E-state index contributed by atoms with van der Waals surface area (Å²) in [5.41, 5.74) is -0.318. The molecule has 94 valence electrons. The molecule has 1 N–H and O–H groups in total. The van der Waals surface area contributed by atoms with Crippen LogP contribution in [0.4, 0.5) is 10.2 Å². The minimum atomic E-state index is -0.379. The van der Waals surface area contributed by atoms with Crippen LogP contribution in [0.5, 0.6) is 0 Å². The second kappa shape index (κ2) is 5.50. The fraction of sp³-hybridized carbons (Fsp3) is 0.545. The van der Waals surface area contributed by atoms with Crippen LogP contribution in [0.2, 0.25) is 0 Å². The Hall–Kier alpha value is -0.390. The summed E-state index contributed by atoms with van der Waals surface area (Å²) in [5.74, 6) is 0.277. The summed E-state index contributed by atoms with van der Waals surface area (Å²) < 4.78 is 19.6. The van der Waals surface area contributed by atoms with Crippen LogP contribution in [0.15, 0.2) is 16.7 Å². The summed E-state index contributed by atoms with van der Waals surface area (Å²) in [5, 5.41) is 3.12. The summed E-state index contributed by atoms with van der Waals surface area (Å²) in [6, 6.07) is 1.39. The van der Waals surface area contributed by atoms with Crippen LogP contribution in [0.25, 0.3) is 0 Å². The molecule has 1 saturated heterocycles. The number of anilines is 1. The monoisotopic (exact) mass is 322 g/mol. The smallest absolute Gasteiger partial charge is 0.166 e. The Bertz CT molecular complexity index is 399. The molecule has 3 nitrogen and oxygen atoms in total. The highest BCUT2D eigenvalue weighted by Gasteiger charge is 2.32. The molecule has 1 aromatic heterocycles. The molecule has 0 saturated carbocycles. The van der Waals surface area contributed by atoms with Crippen molar-refractivity contribution in [2.45, 2.75) is 18.4 Å². The number of alkyl halides is 1. The van der Waals surface area contributed by atoms with E-state index in [-0.39, 0.29) is 17.2 Å². The lowest BCUT2D eigenvalue weighted by Gasteiger charge is -2.36. The maximum atomic E-state index is 13.7. The first-order valence-electron chi connectivity index (χ1n) is 5.38. The van der Waals surface area contributed by atoms with E-state index in [2.05, 4.69) is 26.2 Å². The highest BCUT2D eigenvalue weighted by molar-refractivity contribution is 9.10. The highest BCUT2D eigenvalue weighted by atomic mass is 79.9. The second-order valence-corrected chi connectivity index (χ2v) is 5.32. The van der Waals surface area contributed by atoms with Crippen LogP contribution >= 0.6 is 27.5 Å². The number of hydrogen-bond acceptors (Lipinski definition) is 3. The summed E-state index contributed by atoms with van der Waals surface area (Å²) >= 11 is 9.17. The Kier molecular flexibility index (Phi) is 4.22. The molecule has 6 heteroatoms. The Morgan fingerprint density at radius 3 is 2.82 bits per heavy atom. The Morgan fingerprint density at radius 1 is 1.53 bits per heavy atom. The number of ether oxygens (including phenoxy) is 1. The zero-order valence-corrected chi connectivity index (χ0v) is 11.5. The van der Waals surface area contributed by atoms with E-state index in [0.717, 1.165) is 12.8 Å². The lowest BCUT2D eigenvalue weighted by molar-refractivity contribution is 0.0665. The molecular weight excluding hydrogens is 310 g/mol. The van der Waals surface area contributed by atoms with Crippen LogP contribution in [0.3, 0.4) is 0 Å². The first-order chi connectivity index (χ1) is 8.15. The van der Waals surface area contributed by atoms with Crippen molar-refractivity contribution in [3.8, 4) is 0 Å². The predicted octanol–water partition coefficient (Wildman–Crippen LogP) is 3.18. The third kappa shape index (κ3) is 3.09. The Labute approximate surface area is 113 Å². The van der Waals surface area contributed by atoms with Gasteiger partial charge < -0.3 is 10.1 Å². The number of hydrogen-bond donors (Lipinski definition) is 1. The molecule has 1 aliphatic heterocycles. The maximum absolute atomic E-state index is 13.7. The van der Waals surface area contributed by atoms with Crippen LogP contribution in [0.1, 0.15) is 12.8 Å². The van der Waals surface area contributed by atoms with Gasteiger partial charge in [0, 0.05) is 29.8 Å². The second-order valence-electron chi connectivity index (χ2n) is 4.14. The van der Waals surface area contributed by atoms with Crippen molar-refractivity contribution in [2.75, 3.05) is 24.4 Å². The Balaban J connectivity index is 2.17. The van der Waals surface area contributed by atoms with E-state index in [4.69, 9.17) is 16.3 Å². The van der Waals surface area contributed by atoms with Gasteiger partial charge >= 0.3 is 0 Å². The number of rotatable bonds is 3. The predicted molar refractivity (Wildman–Crippen MR) is 69.0 cm³/mol. The van der Waals surface area contributed by atoms with Gasteiger partial charge in [-0.3, -0.25) is 0 Å². The number of nitrogens with zero attached hydrogens (tertiary/aromatic N) is 1. The molecule has 1 fully saturated rings.